The lowest BCUT2D eigenvalue weighted by atomic mass is 9.90. The topological polar surface area (TPSA) is 71.3 Å². The van der Waals surface area contributed by atoms with Crippen LogP contribution in [0, 0.1) is 6.92 Å². The smallest absolute Gasteiger partial charge is 0.240 e. The SMILES string of the molecule is CC[C@@H]1[C@@H](c2ccc(C)cc2)CCN1Cc1nc(CC(=O)NC)no1. The van der Waals surface area contributed by atoms with Crippen LogP contribution in [0.25, 0.3) is 0 Å². The average Bonchev–Trinajstić information content (AvgIpc) is 3.22. The molecule has 0 unspecified atom stereocenters. The van der Waals surface area contributed by atoms with Crippen molar-refractivity contribution in [1.82, 2.24) is 20.4 Å². The molecule has 2 atom stereocenters. The highest BCUT2D eigenvalue weighted by atomic mass is 16.5. The Bertz CT molecular complexity index is 710. The first-order chi connectivity index (χ1) is 12.1. The number of benzene rings is 1. The van der Waals surface area contributed by atoms with Crippen LogP contribution in [0.3, 0.4) is 0 Å². The molecule has 2 aromatic rings. The lowest BCUT2D eigenvalue weighted by molar-refractivity contribution is -0.120. The number of hydrogen-bond acceptors (Lipinski definition) is 5. The van der Waals surface area contributed by atoms with Crippen LogP contribution in [-0.2, 0) is 17.8 Å². The number of likely N-dealkylation sites (tertiary alicyclic amines) is 1. The van der Waals surface area contributed by atoms with E-state index in [1.54, 1.807) is 7.05 Å². The van der Waals surface area contributed by atoms with Gasteiger partial charge in [0.05, 0.1) is 13.0 Å². The molecule has 1 aliphatic heterocycles. The molecule has 25 heavy (non-hydrogen) atoms. The second-order valence-corrected chi connectivity index (χ2v) is 6.71. The third-order valence-electron chi connectivity index (χ3n) is 5.03. The third-order valence-corrected chi connectivity index (χ3v) is 5.03. The fourth-order valence-corrected chi connectivity index (χ4v) is 3.69. The molecule has 1 aromatic carbocycles. The van der Waals surface area contributed by atoms with Crippen molar-refractivity contribution in [2.75, 3.05) is 13.6 Å². The lowest BCUT2D eigenvalue weighted by Gasteiger charge is -2.26. The molecule has 6 heteroatoms. The van der Waals surface area contributed by atoms with Gasteiger partial charge >= 0.3 is 0 Å². The number of aromatic nitrogens is 2. The zero-order valence-corrected chi connectivity index (χ0v) is 15.2. The van der Waals surface area contributed by atoms with Crippen molar-refractivity contribution in [2.24, 2.45) is 0 Å². The molecule has 134 valence electrons. The molecule has 1 amide bonds. The lowest BCUT2D eigenvalue weighted by Crippen LogP contribution is -2.31. The zero-order valence-electron chi connectivity index (χ0n) is 15.2. The molecule has 1 N–H and O–H groups in total. The molecular weight excluding hydrogens is 316 g/mol. The first-order valence-electron chi connectivity index (χ1n) is 8.93. The Labute approximate surface area is 148 Å². The van der Waals surface area contributed by atoms with Crippen LogP contribution in [0.4, 0.5) is 0 Å². The summed E-state index contributed by atoms with van der Waals surface area (Å²) in [6, 6.07) is 9.35. The minimum atomic E-state index is -0.112. The van der Waals surface area contributed by atoms with Gasteiger partial charge in [-0.1, -0.05) is 41.9 Å². The first kappa shape index (κ1) is 17.6. The number of nitrogens with zero attached hydrogens (tertiary/aromatic N) is 3. The van der Waals surface area contributed by atoms with Crippen molar-refractivity contribution in [2.45, 2.75) is 51.6 Å². The highest BCUT2D eigenvalue weighted by Gasteiger charge is 2.34. The maximum atomic E-state index is 11.4. The van der Waals surface area contributed by atoms with Gasteiger partial charge in [0.15, 0.2) is 5.82 Å². The quantitative estimate of drug-likeness (QED) is 0.873. The van der Waals surface area contributed by atoms with Crippen LogP contribution in [0.1, 0.15) is 48.5 Å². The van der Waals surface area contributed by atoms with Crippen LogP contribution in [0.5, 0.6) is 0 Å². The number of aryl methyl sites for hydroxylation is 1. The van der Waals surface area contributed by atoms with E-state index in [0.717, 1.165) is 19.4 Å². The summed E-state index contributed by atoms with van der Waals surface area (Å²) in [5.74, 6) is 1.46. The van der Waals surface area contributed by atoms with Crippen molar-refractivity contribution >= 4 is 5.91 Å². The summed E-state index contributed by atoms with van der Waals surface area (Å²) in [5.41, 5.74) is 2.70. The number of carbonyl (C=O) groups is 1. The molecule has 0 saturated carbocycles. The standard InChI is InChI=1S/C19H26N4O2/c1-4-16-15(14-7-5-13(2)6-8-14)9-10-23(16)12-19-21-17(22-25-19)11-18(24)20-3/h5-8,15-16H,4,9-12H2,1-3H3,(H,20,24)/t15-,16-/m1/s1. The van der Waals surface area contributed by atoms with Gasteiger partial charge in [-0.05, 0) is 31.9 Å². The fourth-order valence-electron chi connectivity index (χ4n) is 3.69. The van der Waals surface area contributed by atoms with Crippen LogP contribution in [0.2, 0.25) is 0 Å². The molecule has 1 saturated heterocycles. The molecule has 0 aliphatic carbocycles. The summed E-state index contributed by atoms with van der Waals surface area (Å²) in [5, 5.41) is 6.48. The number of nitrogens with one attached hydrogen (secondary N) is 1. The number of rotatable bonds is 6. The van der Waals surface area contributed by atoms with Crippen molar-refractivity contribution in [1.29, 1.82) is 0 Å². The van der Waals surface area contributed by atoms with Crippen molar-refractivity contribution in [3.8, 4) is 0 Å². The van der Waals surface area contributed by atoms with Crippen molar-refractivity contribution < 1.29 is 9.32 Å². The Morgan fingerprint density at radius 3 is 2.80 bits per heavy atom. The minimum absolute atomic E-state index is 0.112. The van der Waals surface area contributed by atoms with Crippen LogP contribution in [-0.4, -0.2) is 40.6 Å². The zero-order chi connectivity index (χ0) is 17.8. The second-order valence-electron chi connectivity index (χ2n) is 6.71. The summed E-state index contributed by atoms with van der Waals surface area (Å²) in [6.45, 7) is 6.01. The number of likely N-dealkylation sites (N-methyl/N-ethyl adjacent to an activating group) is 1. The van der Waals surface area contributed by atoms with Gasteiger partial charge in [0.2, 0.25) is 11.8 Å². The van der Waals surface area contributed by atoms with Crippen molar-refractivity contribution in [3.63, 3.8) is 0 Å². The molecule has 0 bridgehead atoms. The Morgan fingerprint density at radius 2 is 2.12 bits per heavy atom. The van der Waals surface area contributed by atoms with Crippen LogP contribution < -0.4 is 5.32 Å². The molecular formula is C19H26N4O2. The molecule has 1 aliphatic rings. The van der Waals surface area contributed by atoms with Gasteiger partial charge in [-0.25, -0.2) is 0 Å². The van der Waals surface area contributed by atoms with Gasteiger partial charge in [0, 0.05) is 19.0 Å². The number of hydrogen-bond donors (Lipinski definition) is 1. The summed E-state index contributed by atoms with van der Waals surface area (Å²) in [7, 11) is 1.60. The predicted octanol–water partition coefficient (Wildman–Crippen LogP) is 2.43. The van der Waals surface area contributed by atoms with Gasteiger partial charge in [-0.3, -0.25) is 9.69 Å². The number of carbonyl (C=O) groups excluding carboxylic acids is 1. The largest absolute Gasteiger partial charge is 0.359 e. The fraction of sp³-hybridized carbons (Fsp3) is 0.526. The molecule has 1 aromatic heterocycles. The van der Waals surface area contributed by atoms with E-state index in [-0.39, 0.29) is 12.3 Å². The van der Waals surface area contributed by atoms with E-state index in [2.05, 4.69) is 58.5 Å². The summed E-state index contributed by atoms with van der Waals surface area (Å²) in [4.78, 5) is 18.2. The van der Waals surface area contributed by atoms with Gasteiger partial charge in [0.25, 0.3) is 0 Å². The molecule has 0 radical (unpaired) electrons. The minimum Gasteiger partial charge on any atom is -0.359 e. The van der Waals surface area contributed by atoms with E-state index in [0.29, 0.717) is 30.2 Å². The molecule has 3 rings (SSSR count). The van der Waals surface area contributed by atoms with Crippen LogP contribution in [0.15, 0.2) is 28.8 Å². The van der Waals surface area contributed by atoms with E-state index in [4.69, 9.17) is 4.52 Å². The second kappa shape index (κ2) is 7.78. The van der Waals surface area contributed by atoms with E-state index in [1.807, 2.05) is 0 Å². The van der Waals surface area contributed by atoms with Gasteiger partial charge in [-0.2, -0.15) is 4.98 Å². The monoisotopic (exact) mass is 342 g/mol. The van der Waals surface area contributed by atoms with Crippen LogP contribution >= 0.6 is 0 Å². The predicted molar refractivity (Wildman–Crippen MR) is 95.1 cm³/mol. The van der Waals surface area contributed by atoms with E-state index >= 15 is 0 Å². The van der Waals surface area contributed by atoms with Gasteiger partial charge in [-0.15, -0.1) is 0 Å². The Balaban J connectivity index is 1.67. The average molecular weight is 342 g/mol. The number of amides is 1. The molecule has 1 fully saturated rings. The molecule has 6 nitrogen and oxygen atoms in total. The summed E-state index contributed by atoms with van der Waals surface area (Å²) in [6.07, 6.45) is 2.38. The maximum absolute atomic E-state index is 11.4. The van der Waals surface area contributed by atoms with E-state index < -0.39 is 0 Å². The van der Waals surface area contributed by atoms with Gasteiger partial charge in [0.1, 0.15) is 0 Å². The summed E-state index contributed by atoms with van der Waals surface area (Å²) < 4.78 is 5.34. The first-order valence-corrected chi connectivity index (χ1v) is 8.93. The third kappa shape index (κ3) is 4.07. The Morgan fingerprint density at radius 1 is 1.36 bits per heavy atom. The summed E-state index contributed by atoms with van der Waals surface area (Å²) >= 11 is 0. The molecule has 0 spiro atoms. The van der Waals surface area contributed by atoms with Crippen molar-refractivity contribution in [3.05, 3.63) is 47.1 Å². The Kier molecular flexibility index (Phi) is 5.48. The molecule has 2 heterocycles. The highest BCUT2D eigenvalue weighted by Crippen LogP contribution is 2.36. The highest BCUT2D eigenvalue weighted by molar-refractivity contribution is 5.77. The van der Waals surface area contributed by atoms with E-state index in [9.17, 15) is 4.79 Å². The maximum Gasteiger partial charge on any atom is 0.240 e. The normalized spacial score (nSPS) is 20.8. The van der Waals surface area contributed by atoms with E-state index in [1.165, 1.54) is 11.1 Å². The van der Waals surface area contributed by atoms with Gasteiger partial charge < -0.3 is 9.84 Å². The Hall–Kier alpha value is -2.21.